The maximum absolute atomic E-state index is 12.2. The van der Waals surface area contributed by atoms with Crippen LogP contribution in [0.1, 0.15) is 58.8 Å². The molecule has 0 bridgehead atoms. The molecule has 0 unspecified atom stereocenters. The van der Waals surface area contributed by atoms with Crippen molar-refractivity contribution in [3.63, 3.8) is 0 Å². The van der Waals surface area contributed by atoms with Crippen LogP contribution in [-0.4, -0.2) is 50.0 Å². The number of nitrogens with zero attached hydrogens (tertiary/aromatic N) is 2. The molecule has 0 aromatic rings. The summed E-state index contributed by atoms with van der Waals surface area (Å²) in [5, 5.41) is 6.63. The molecule has 1 aliphatic heterocycles. The molecular weight excluding hydrogens is 288 g/mol. The van der Waals surface area contributed by atoms with E-state index in [4.69, 9.17) is 0 Å². The third-order valence-corrected chi connectivity index (χ3v) is 5.23. The molecule has 0 atom stereocenters. The highest BCUT2D eigenvalue weighted by Crippen LogP contribution is 2.45. The van der Waals surface area contributed by atoms with Crippen LogP contribution >= 0.6 is 0 Å². The van der Waals surface area contributed by atoms with Crippen LogP contribution < -0.4 is 10.6 Å². The summed E-state index contributed by atoms with van der Waals surface area (Å²) >= 11 is 0. The smallest absolute Gasteiger partial charge is 0.241 e. The Kier molecular flexibility index (Phi) is 6.72. The van der Waals surface area contributed by atoms with Gasteiger partial charge in [0.15, 0.2) is 5.96 Å². The maximum atomic E-state index is 12.2. The Morgan fingerprint density at radius 3 is 2.35 bits per heavy atom. The van der Waals surface area contributed by atoms with Crippen LogP contribution in [0.5, 0.6) is 0 Å². The highest BCUT2D eigenvalue weighted by Gasteiger charge is 2.37. The minimum Gasteiger partial charge on any atom is -0.356 e. The number of carbonyl (C=O) groups is 1. The summed E-state index contributed by atoms with van der Waals surface area (Å²) in [7, 11) is 1.77. The van der Waals surface area contributed by atoms with Gasteiger partial charge in [-0.25, -0.2) is 0 Å². The lowest BCUT2D eigenvalue weighted by atomic mass is 9.64. The number of piperidine rings is 1. The first-order chi connectivity index (χ1) is 11.0. The second kappa shape index (κ2) is 8.55. The molecule has 5 nitrogen and oxygen atoms in total. The van der Waals surface area contributed by atoms with Gasteiger partial charge in [0.05, 0.1) is 6.54 Å². The van der Waals surface area contributed by atoms with Gasteiger partial charge in [-0.1, -0.05) is 20.3 Å². The fraction of sp³-hybridized carbons (Fsp3) is 0.889. The summed E-state index contributed by atoms with van der Waals surface area (Å²) in [6.07, 6.45) is 8.74. The Bertz CT molecular complexity index is 409. The van der Waals surface area contributed by atoms with Crippen LogP contribution in [0.3, 0.4) is 0 Å². The number of amides is 1. The molecule has 1 saturated heterocycles. The summed E-state index contributed by atoms with van der Waals surface area (Å²) in [5.74, 6) is 1.67. The molecule has 0 aromatic heterocycles. The Morgan fingerprint density at radius 1 is 1.13 bits per heavy atom. The summed E-state index contributed by atoms with van der Waals surface area (Å²) in [6.45, 7) is 7.71. The largest absolute Gasteiger partial charge is 0.356 e. The Balaban J connectivity index is 1.73. The highest BCUT2D eigenvalue weighted by molar-refractivity contribution is 5.86. The van der Waals surface area contributed by atoms with E-state index < -0.39 is 0 Å². The van der Waals surface area contributed by atoms with Gasteiger partial charge >= 0.3 is 0 Å². The van der Waals surface area contributed by atoms with Crippen molar-refractivity contribution in [2.75, 3.05) is 33.2 Å². The van der Waals surface area contributed by atoms with E-state index in [0.717, 1.165) is 44.4 Å². The first-order valence-corrected chi connectivity index (χ1v) is 9.27. The molecule has 0 spiro atoms. The highest BCUT2D eigenvalue weighted by atomic mass is 16.2. The molecule has 132 valence electrons. The predicted octanol–water partition coefficient (Wildman–Crippen LogP) is 2.38. The van der Waals surface area contributed by atoms with Crippen LogP contribution in [0.2, 0.25) is 0 Å². The average molecular weight is 322 g/mol. The van der Waals surface area contributed by atoms with Gasteiger partial charge in [0.1, 0.15) is 0 Å². The number of guanidine groups is 1. The van der Waals surface area contributed by atoms with Crippen LogP contribution in [0.4, 0.5) is 0 Å². The topological polar surface area (TPSA) is 56.7 Å². The zero-order valence-electron chi connectivity index (χ0n) is 15.2. The average Bonchev–Trinajstić information content (AvgIpc) is 2.52. The molecule has 1 amide bonds. The lowest BCUT2D eigenvalue weighted by Gasteiger charge is -2.43. The van der Waals surface area contributed by atoms with Crippen molar-refractivity contribution in [3.8, 4) is 0 Å². The number of aliphatic imine (C=N–C) groups is 1. The van der Waals surface area contributed by atoms with Crippen molar-refractivity contribution >= 4 is 11.9 Å². The summed E-state index contributed by atoms with van der Waals surface area (Å²) in [6, 6.07) is 0. The van der Waals surface area contributed by atoms with Crippen molar-refractivity contribution in [2.24, 2.45) is 16.3 Å². The molecule has 2 aliphatic rings. The molecule has 1 aliphatic carbocycles. The second-order valence-corrected chi connectivity index (χ2v) is 7.67. The zero-order chi connectivity index (χ0) is 16.7. The summed E-state index contributed by atoms with van der Waals surface area (Å²) in [4.78, 5) is 18.5. The summed E-state index contributed by atoms with van der Waals surface area (Å²) in [5.41, 5.74) is 0.433. The van der Waals surface area contributed by atoms with Gasteiger partial charge in [-0.15, -0.1) is 0 Å². The minimum atomic E-state index is 0.188. The molecule has 23 heavy (non-hydrogen) atoms. The van der Waals surface area contributed by atoms with Gasteiger partial charge in [0.2, 0.25) is 5.91 Å². The molecule has 1 saturated carbocycles. The number of rotatable bonds is 6. The van der Waals surface area contributed by atoms with Crippen molar-refractivity contribution < 1.29 is 4.79 Å². The lowest BCUT2D eigenvalue weighted by Crippen LogP contribution is -2.49. The van der Waals surface area contributed by atoms with Crippen molar-refractivity contribution in [1.82, 2.24) is 15.5 Å². The molecule has 0 radical (unpaired) electrons. The quantitative estimate of drug-likeness (QED) is 0.583. The van der Waals surface area contributed by atoms with E-state index in [9.17, 15) is 4.79 Å². The van der Waals surface area contributed by atoms with E-state index in [1.54, 1.807) is 7.05 Å². The van der Waals surface area contributed by atoms with Crippen molar-refractivity contribution in [3.05, 3.63) is 0 Å². The van der Waals surface area contributed by atoms with E-state index in [1.165, 1.54) is 32.1 Å². The number of likely N-dealkylation sites (tertiary alicyclic amines) is 1. The van der Waals surface area contributed by atoms with Crippen LogP contribution in [-0.2, 0) is 4.79 Å². The monoisotopic (exact) mass is 322 g/mol. The molecule has 0 aromatic carbocycles. The third-order valence-electron chi connectivity index (χ3n) is 5.23. The van der Waals surface area contributed by atoms with E-state index in [2.05, 4.69) is 29.5 Å². The van der Waals surface area contributed by atoms with Crippen molar-refractivity contribution in [2.45, 2.75) is 58.8 Å². The van der Waals surface area contributed by atoms with Gasteiger partial charge in [-0.05, 0) is 49.9 Å². The van der Waals surface area contributed by atoms with Gasteiger partial charge in [-0.2, -0.15) is 0 Å². The van der Waals surface area contributed by atoms with Gasteiger partial charge in [0.25, 0.3) is 0 Å². The molecular formula is C18H34N4O. The number of hydrogen-bond acceptors (Lipinski definition) is 2. The zero-order valence-corrected chi connectivity index (χ0v) is 15.2. The standard InChI is InChI=1S/C18H34N4O/c1-15(2)12-18(8-7-9-18)14-21-17(19-3)20-13-16(23)22-10-5-4-6-11-22/h15H,4-14H2,1-3H3,(H2,19,20,21). The SMILES string of the molecule is CN=C(NCC(=O)N1CCCCC1)NCC1(CC(C)C)CCC1. The van der Waals surface area contributed by atoms with Crippen LogP contribution in [0, 0.1) is 11.3 Å². The number of nitrogens with one attached hydrogen (secondary N) is 2. The van der Waals surface area contributed by atoms with E-state index in [-0.39, 0.29) is 5.91 Å². The van der Waals surface area contributed by atoms with Gasteiger partial charge in [-0.3, -0.25) is 9.79 Å². The molecule has 5 heteroatoms. The Morgan fingerprint density at radius 2 is 1.83 bits per heavy atom. The van der Waals surface area contributed by atoms with Gasteiger partial charge < -0.3 is 15.5 Å². The minimum absolute atomic E-state index is 0.188. The van der Waals surface area contributed by atoms with E-state index in [0.29, 0.717) is 12.0 Å². The molecule has 1 heterocycles. The second-order valence-electron chi connectivity index (χ2n) is 7.67. The third kappa shape index (κ3) is 5.40. The molecule has 2 N–H and O–H groups in total. The van der Waals surface area contributed by atoms with Crippen LogP contribution in [0.25, 0.3) is 0 Å². The van der Waals surface area contributed by atoms with Crippen LogP contribution in [0.15, 0.2) is 4.99 Å². The Labute approximate surface area is 141 Å². The van der Waals surface area contributed by atoms with E-state index >= 15 is 0 Å². The predicted molar refractivity (Wildman–Crippen MR) is 95.5 cm³/mol. The fourth-order valence-electron chi connectivity index (χ4n) is 3.90. The molecule has 2 fully saturated rings. The van der Waals surface area contributed by atoms with Gasteiger partial charge in [0, 0.05) is 26.7 Å². The summed E-state index contributed by atoms with van der Waals surface area (Å²) < 4.78 is 0. The maximum Gasteiger partial charge on any atom is 0.241 e. The van der Waals surface area contributed by atoms with Crippen molar-refractivity contribution in [1.29, 1.82) is 0 Å². The Hall–Kier alpha value is -1.26. The number of carbonyl (C=O) groups excluding carboxylic acids is 1. The molecule has 2 rings (SSSR count). The van der Waals surface area contributed by atoms with E-state index in [1.807, 2.05) is 4.90 Å². The first kappa shape index (κ1) is 18.1. The lowest BCUT2D eigenvalue weighted by molar-refractivity contribution is -0.130. The fourth-order valence-corrected chi connectivity index (χ4v) is 3.90. The normalized spacial score (nSPS) is 21.0. The number of hydrogen-bond donors (Lipinski definition) is 2. The first-order valence-electron chi connectivity index (χ1n) is 9.27.